The van der Waals surface area contributed by atoms with Gasteiger partial charge in [-0.15, -0.1) is 0 Å². The van der Waals surface area contributed by atoms with Crippen LogP contribution in [0.2, 0.25) is 0 Å². The quantitative estimate of drug-likeness (QED) is 0.904. The zero-order chi connectivity index (χ0) is 14.8. The van der Waals surface area contributed by atoms with Gasteiger partial charge in [0.15, 0.2) is 6.61 Å². The summed E-state index contributed by atoms with van der Waals surface area (Å²) >= 11 is 0. The Hall–Kier alpha value is -1.51. The first-order valence-electron chi connectivity index (χ1n) is 6.51. The molecule has 0 aliphatic heterocycles. The monoisotopic (exact) mass is 264 g/mol. The maximum Gasteiger partial charge on any atom is 0.341 e. The Morgan fingerprint density at radius 1 is 1.00 bits per heavy atom. The highest BCUT2D eigenvalue weighted by atomic mass is 16.5. The standard InChI is InChI=1S/C16H24O3/c1-15(2,3)11-7-12(16(4,5)6)9-13(8-11)19-10-14(17)18/h7-9H,10H2,1-6H3,(H,17,18). The van der Waals surface area contributed by atoms with Crippen LogP contribution in [0.1, 0.15) is 52.7 Å². The summed E-state index contributed by atoms with van der Waals surface area (Å²) in [5.41, 5.74) is 2.31. The molecule has 0 heterocycles. The molecule has 0 unspecified atom stereocenters. The van der Waals surface area contributed by atoms with E-state index in [0.717, 1.165) is 11.1 Å². The van der Waals surface area contributed by atoms with E-state index in [1.807, 2.05) is 12.1 Å². The van der Waals surface area contributed by atoms with E-state index >= 15 is 0 Å². The molecule has 19 heavy (non-hydrogen) atoms. The molecule has 0 spiro atoms. The minimum Gasteiger partial charge on any atom is -0.482 e. The van der Waals surface area contributed by atoms with Crippen LogP contribution < -0.4 is 4.74 Å². The molecule has 0 radical (unpaired) electrons. The smallest absolute Gasteiger partial charge is 0.341 e. The maximum absolute atomic E-state index is 10.6. The third kappa shape index (κ3) is 4.58. The van der Waals surface area contributed by atoms with Gasteiger partial charge >= 0.3 is 5.97 Å². The lowest BCUT2D eigenvalue weighted by Crippen LogP contribution is -2.17. The van der Waals surface area contributed by atoms with E-state index in [-0.39, 0.29) is 17.4 Å². The summed E-state index contributed by atoms with van der Waals surface area (Å²) in [4.78, 5) is 10.6. The molecule has 0 saturated heterocycles. The van der Waals surface area contributed by atoms with Gasteiger partial charge in [0.2, 0.25) is 0 Å². The fraction of sp³-hybridized carbons (Fsp3) is 0.562. The van der Waals surface area contributed by atoms with Crippen molar-refractivity contribution >= 4 is 5.97 Å². The number of benzene rings is 1. The molecule has 0 aromatic heterocycles. The molecule has 0 saturated carbocycles. The number of ether oxygens (including phenoxy) is 1. The molecule has 0 bridgehead atoms. The van der Waals surface area contributed by atoms with Crippen LogP contribution in [-0.2, 0) is 15.6 Å². The molecule has 0 atom stereocenters. The predicted molar refractivity (Wildman–Crippen MR) is 77.0 cm³/mol. The van der Waals surface area contributed by atoms with Gasteiger partial charge in [0.05, 0.1) is 0 Å². The van der Waals surface area contributed by atoms with E-state index in [9.17, 15) is 4.79 Å². The maximum atomic E-state index is 10.6. The van der Waals surface area contributed by atoms with Gasteiger partial charge in [0.25, 0.3) is 0 Å². The second kappa shape index (κ2) is 5.24. The summed E-state index contributed by atoms with van der Waals surface area (Å²) < 4.78 is 5.34. The van der Waals surface area contributed by atoms with Crippen molar-refractivity contribution in [1.29, 1.82) is 0 Å². The molecular weight excluding hydrogens is 240 g/mol. The molecule has 0 amide bonds. The molecule has 1 rings (SSSR count). The molecule has 3 nitrogen and oxygen atoms in total. The highest BCUT2D eigenvalue weighted by molar-refractivity contribution is 5.68. The Bertz CT molecular complexity index is 430. The van der Waals surface area contributed by atoms with Gasteiger partial charge in [-0.1, -0.05) is 47.6 Å². The number of rotatable bonds is 3. The Morgan fingerprint density at radius 3 is 1.74 bits per heavy atom. The normalized spacial score (nSPS) is 12.3. The molecule has 1 aromatic carbocycles. The second-order valence-electron chi connectivity index (χ2n) is 6.93. The van der Waals surface area contributed by atoms with E-state index in [4.69, 9.17) is 9.84 Å². The minimum absolute atomic E-state index is 0.00257. The van der Waals surface area contributed by atoms with E-state index in [2.05, 4.69) is 47.6 Å². The van der Waals surface area contributed by atoms with Gasteiger partial charge in [-0.05, 0) is 34.1 Å². The van der Waals surface area contributed by atoms with Gasteiger partial charge in [-0.3, -0.25) is 0 Å². The molecule has 1 N–H and O–H groups in total. The van der Waals surface area contributed by atoms with Crippen LogP contribution in [0.4, 0.5) is 0 Å². The Morgan fingerprint density at radius 2 is 1.42 bits per heavy atom. The number of hydrogen-bond donors (Lipinski definition) is 1. The summed E-state index contributed by atoms with van der Waals surface area (Å²) in [6.07, 6.45) is 0. The first-order chi connectivity index (χ1) is 8.50. The van der Waals surface area contributed by atoms with Gasteiger partial charge in [0.1, 0.15) is 5.75 Å². The molecule has 0 aliphatic carbocycles. The molecule has 0 aliphatic rings. The van der Waals surface area contributed by atoms with Crippen molar-refractivity contribution in [2.45, 2.75) is 52.4 Å². The number of carbonyl (C=O) groups is 1. The number of carboxylic acids is 1. The fourth-order valence-electron chi connectivity index (χ4n) is 1.69. The fourth-order valence-corrected chi connectivity index (χ4v) is 1.69. The van der Waals surface area contributed by atoms with Crippen molar-refractivity contribution < 1.29 is 14.6 Å². The van der Waals surface area contributed by atoms with Crippen LogP contribution in [0.3, 0.4) is 0 Å². The largest absolute Gasteiger partial charge is 0.482 e. The second-order valence-corrected chi connectivity index (χ2v) is 6.93. The summed E-state index contributed by atoms with van der Waals surface area (Å²) in [5.74, 6) is -0.335. The summed E-state index contributed by atoms with van der Waals surface area (Å²) in [7, 11) is 0. The van der Waals surface area contributed by atoms with E-state index in [0.29, 0.717) is 5.75 Å². The van der Waals surface area contributed by atoms with Crippen molar-refractivity contribution in [3.05, 3.63) is 29.3 Å². The summed E-state index contributed by atoms with van der Waals surface area (Å²) in [6, 6.07) is 6.03. The Balaban J connectivity index is 3.21. The van der Waals surface area contributed by atoms with E-state index in [1.165, 1.54) is 0 Å². The van der Waals surface area contributed by atoms with Gasteiger partial charge < -0.3 is 9.84 Å². The molecule has 1 aromatic rings. The van der Waals surface area contributed by atoms with Gasteiger partial charge in [-0.25, -0.2) is 4.79 Å². The Kier molecular flexibility index (Phi) is 4.28. The SMILES string of the molecule is CC(C)(C)c1cc(OCC(=O)O)cc(C(C)(C)C)c1. The van der Waals surface area contributed by atoms with Gasteiger partial charge in [-0.2, -0.15) is 0 Å². The third-order valence-electron chi connectivity index (χ3n) is 3.00. The van der Waals surface area contributed by atoms with E-state index < -0.39 is 5.97 Å². The highest BCUT2D eigenvalue weighted by Gasteiger charge is 2.21. The van der Waals surface area contributed by atoms with Crippen molar-refractivity contribution in [3.8, 4) is 5.75 Å². The molecular formula is C16H24O3. The zero-order valence-electron chi connectivity index (χ0n) is 12.7. The molecule has 106 valence electrons. The number of carboxylic acid groups (broad SMARTS) is 1. The average molecular weight is 264 g/mol. The van der Waals surface area contributed by atoms with Crippen molar-refractivity contribution in [1.82, 2.24) is 0 Å². The lowest BCUT2D eigenvalue weighted by molar-refractivity contribution is -0.139. The average Bonchev–Trinajstić information content (AvgIpc) is 2.23. The zero-order valence-corrected chi connectivity index (χ0v) is 12.7. The van der Waals surface area contributed by atoms with Gasteiger partial charge in [0, 0.05) is 0 Å². The Labute approximate surface area is 115 Å². The first kappa shape index (κ1) is 15.5. The highest BCUT2D eigenvalue weighted by Crippen LogP contribution is 2.32. The minimum atomic E-state index is -0.960. The van der Waals surface area contributed by atoms with Crippen LogP contribution in [0.15, 0.2) is 18.2 Å². The van der Waals surface area contributed by atoms with Crippen molar-refractivity contribution in [3.63, 3.8) is 0 Å². The summed E-state index contributed by atoms with van der Waals surface area (Å²) in [5, 5.41) is 8.71. The van der Waals surface area contributed by atoms with Crippen LogP contribution in [0.5, 0.6) is 5.75 Å². The predicted octanol–water partition coefficient (Wildman–Crippen LogP) is 3.75. The lowest BCUT2D eigenvalue weighted by Gasteiger charge is -2.26. The van der Waals surface area contributed by atoms with Crippen molar-refractivity contribution in [2.24, 2.45) is 0 Å². The third-order valence-corrected chi connectivity index (χ3v) is 3.00. The van der Waals surface area contributed by atoms with Crippen molar-refractivity contribution in [2.75, 3.05) is 6.61 Å². The number of hydrogen-bond acceptors (Lipinski definition) is 2. The molecule has 3 heteroatoms. The van der Waals surface area contributed by atoms with Crippen LogP contribution in [0, 0.1) is 0 Å². The number of aliphatic carboxylic acids is 1. The van der Waals surface area contributed by atoms with E-state index in [1.54, 1.807) is 0 Å². The summed E-state index contributed by atoms with van der Waals surface area (Å²) in [6.45, 7) is 12.5. The van der Waals surface area contributed by atoms with Crippen LogP contribution in [-0.4, -0.2) is 17.7 Å². The van der Waals surface area contributed by atoms with Crippen LogP contribution in [0.25, 0.3) is 0 Å². The van der Waals surface area contributed by atoms with Crippen LogP contribution >= 0.6 is 0 Å². The molecule has 0 fully saturated rings. The lowest BCUT2D eigenvalue weighted by atomic mass is 9.80. The topological polar surface area (TPSA) is 46.5 Å². The first-order valence-corrected chi connectivity index (χ1v) is 6.51.